The van der Waals surface area contributed by atoms with E-state index in [1.807, 2.05) is 37.3 Å². The molecule has 7 nitrogen and oxygen atoms in total. The van der Waals surface area contributed by atoms with Crippen LogP contribution in [0.15, 0.2) is 73.1 Å². The molecular weight excluding hydrogens is 477 g/mol. The largest absolute Gasteiger partial charge is 0.250 e. The number of hydrogen-bond donors (Lipinski definition) is 0. The minimum absolute atomic E-state index is 0.0713. The summed E-state index contributed by atoms with van der Waals surface area (Å²) >= 11 is 0. The van der Waals surface area contributed by atoms with Crippen LogP contribution in [0.1, 0.15) is 35.6 Å². The van der Waals surface area contributed by atoms with Crippen LogP contribution in [0.2, 0.25) is 0 Å². The third kappa shape index (κ3) is 5.37. The van der Waals surface area contributed by atoms with Gasteiger partial charge in [-0.3, -0.25) is 0 Å². The number of halogens is 1. The molecule has 1 atom stereocenters. The van der Waals surface area contributed by atoms with Gasteiger partial charge in [-0.25, -0.2) is 31.8 Å². The van der Waals surface area contributed by atoms with Gasteiger partial charge in [0.05, 0.1) is 17.1 Å². The van der Waals surface area contributed by atoms with Crippen molar-refractivity contribution in [3.63, 3.8) is 0 Å². The molecule has 3 heterocycles. The highest BCUT2D eigenvalue weighted by atomic mass is 32.2. The Labute approximate surface area is 210 Å². The smallest absolute Gasteiger partial charge is 0.220 e. The van der Waals surface area contributed by atoms with E-state index in [0.29, 0.717) is 31.2 Å². The number of benzene rings is 2. The second-order valence-corrected chi connectivity index (χ2v) is 11.3. The van der Waals surface area contributed by atoms with E-state index in [4.69, 9.17) is 5.10 Å². The van der Waals surface area contributed by atoms with Crippen molar-refractivity contribution >= 4 is 10.0 Å². The van der Waals surface area contributed by atoms with E-state index in [0.717, 1.165) is 35.2 Å². The molecule has 1 aliphatic heterocycles. The number of nitrogens with zero attached hydrogens (tertiary/aromatic N) is 5. The van der Waals surface area contributed by atoms with E-state index < -0.39 is 10.0 Å². The molecule has 1 unspecified atom stereocenters. The number of hydrogen-bond acceptors (Lipinski definition) is 5. The molecule has 2 aromatic heterocycles. The summed E-state index contributed by atoms with van der Waals surface area (Å²) in [6.07, 6.45) is 5.35. The van der Waals surface area contributed by atoms with Crippen LogP contribution in [-0.2, 0) is 16.4 Å². The van der Waals surface area contributed by atoms with Gasteiger partial charge in [0, 0.05) is 37.0 Å². The Morgan fingerprint density at radius 1 is 1.03 bits per heavy atom. The summed E-state index contributed by atoms with van der Waals surface area (Å²) in [7, 11) is -3.43. The summed E-state index contributed by atoms with van der Waals surface area (Å²) in [5, 5.41) is 4.73. The predicted octanol–water partition coefficient (Wildman–Crippen LogP) is 4.53. The van der Waals surface area contributed by atoms with Crippen molar-refractivity contribution in [2.45, 2.75) is 32.1 Å². The Morgan fingerprint density at radius 2 is 1.81 bits per heavy atom. The molecule has 0 aliphatic carbocycles. The quantitative estimate of drug-likeness (QED) is 0.369. The SMILES string of the molecule is Cc1cccc(CCS(=O)(=O)N2CCCC(c3cc(-c4ccc(F)cc4)nn3-c3ncccn3)C2)c1. The molecule has 4 aromatic rings. The van der Waals surface area contributed by atoms with E-state index in [2.05, 4.69) is 9.97 Å². The van der Waals surface area contributed by atoms with Gasteiger partial charge in [-0.2, -0.15) is 5.10 Å². The van der Waals surface area contributed by atoms with Gasteiger partial charge in [-0.05, 0) is 68.1 Å². The second kappa shape index (κ2) is 10.3. The highest BCUT2D eigenvalue weighted by Crippen LogP contribution is 2.32. The Bertz CT molecular complexity index is 1440. The van der Waals surface area contributed by atoms with E-state index in [-0.39, 0.29) is 17.5 Å². The van der Waals surface area contributed by atoms with Gasteiger partial charge in [0.15, 0.2) is 0 Å². The third-order valence-corrected chi connectivity index (χ3v) is 8.38. The minimum atomic E-state index is -3.43. The molecule has 1 saturated heterocycles. The van der Waals surface area contributed by atoms with E-state index in [9.17, 15) is 12.8 Å². The average Bonchev–Trinajstić information content (AvgIpc) is 3.34. The molecule has 0 bridgehead atoms. The molecule has 5 rings (SSSR count). The first-order valence-corrected chi connectivity index (χ1v) is 13.7. The lowest BCUT2D eigenvalue weighted by Crippen LogP contribution is -2.41. The standard InChI is InChI=1S/C27H28FN5O2S/c1-20-5-2-6-21(17-20)12-16-36(34,35)32-15-3-7-23(19-32)26-18-25(22-8-10-24(28)11-9-22)31-33(26)27-29-13-4-14-30-27/h2,4-6,8-11,13-14,17-18,23H,3,7,12,15-16,19H2,1H3. The maximum atomic E-state index is 13.5. The maximum absolute atomic E-state index is 13.5. The molecule has 9 heteroatoms. The van der Waals surface area contributed by atoms with Crippen LogP contribution in [0.25, 0.3) is 17.2 Å². The van der Waals surface area contributed by atoms with Gasteiger partial charge in [-0.1, -0.05) is 29.8 Å². The molecule has 0 radical (unpaired) electrons. The summed E-state index contributed by atoms with van der Waals surface area (Å²) in [5.41, 5.74) is 4.42. The molecule has 2 aromatic carbocycles. The Kier molecular flexibility index (Phi) is 6.93. The van der Waals surface area contributed by atoms with Crippen molar-refractivity contribution in [1.82, 2.24) is 24.1 Å². The van der Waals surface area contributed by atoms with Gasteiger partial charge in [0.2, 0.25) is 10.0 Å². The normalized spacial score (nSPS) is 16.8. The van der Waals surface area contributed by atoms with Gasteiger partial charge < -0.3 is 0 Å². The van der Waals surface area contributed by atoms with Crippen LogP contribution < -0.4 is 0 Å². The molecule has 0 amide bonds. The van der Waals surface area contributed by atoms with Crippen molar-refractivity contribution < 1.29 is 12.8 Å². The number of aryl methyl sites for hydroxylation is 2. The minimum Gasteiger partial charge on any atom is -0.220 e. The summed E-state index contributed by atoms with van der Waals surface area (Å²) < 4.78 is 43.3. The topological polar surface area (TPSA) is 81.0 Å². The van der Waals surface area contributed by atoms with Crippen LogP contribution >= 0.6 is 0 Å². The van der Waals surface area contributed by atoms with Crippen molar-refractivity contribution in [3.05, 3.63) is 95.7 Å². The van der Waals surface area contributed by atoms with Crippen LogP contribution in [0.4, 0.5) is 4.39 Å². The fourth-order valence-electron chi connectivity index (χ4n) is 4.69. The number of rotatable bonds is 7. The zero-order chi connectivity index (χ0) is 25.1. The van der Waals surface area contributed by atoms with Crippen molar-refractivity contribution in [1.29, 1.82) is 0 Å². The zero-order valence-electron chi connectivity index (χ0n) is 20.1. The Hall–Kier alpha value is -3.43. The van der Waals surface area contributed by atoms with Gasteiger partial charge in [0.25, 0.3) is 5.95 Å². The van der Waals surface area contributed by atoms with Crippen molar-refractivity contribution in [2.75, 3.05) is 18.8 Å². The van der Waals surface area contributed by atoms with Crippen LogP contribution in [0, 0.1) is 12.7 Å². The van der Waals surface area contributed by atoms with E-state index >= 15 is 0 Å². The maximum Gasteiger partial charge on any atom is 0.250 e. The number of piperidine rings is 1. The summed E-state index contributed by atoms with van der Waals surface area (Å²) in [4.78, 5) is 8.72. The number of sulfonamides is 1. The van der Waals surface area contributed by atoms with Crippen molar-refractivity contribution in [3.8, 4) is 17.2 Å². The molecule has 36 heavy (non-hydrogen) atoms. The fourth-order valence-corrected chi connectivity index (χ4v) is 6.26. The van der Waals surface area contributed by atoms with Crippen LogP contribution in [0.5, 0.6) is 0 Å². The lowest BCUT2D eigenvalue weighted by Gasteiger charge is -2.32. The first kappa shape index (κ1) is 24.3. The monoisotopic (exact) mass is 505 g/mol. The van der Waals surface area contributed by atoms with Crippen LogP contribution in [-0.4, -0.2) is 51.3 Å². The predicted molar refractivity (Wildman–Crippen MR) is 137 cm³/mol. The molecular formula is C27H28FN5O2S. The molecule has 0 N–H and O–H groups in total. The fraction of sp³-hybridized carbons (Fsp3) is 0.296. The summed E-state index contributed by atoms with van der Waals surface area (Å²) in [6.45, 7) is 2.89. The van der Waals surface area contributed by atoms with Gasteiger partial charge in [0.1, 0.15) is 5.82 Å². The highest BCUT2D eigenvalue weighted by molar-refractivity contribution is 7.89. The first-order valence-electron chi connectivity index (χ1n) is 12.1. The van der Waals surface area contributed by atoms with Crippen LogP contribution in [0.3, 0.4) is 0 Å². The highest BCUT2D eigenvalue weighted by Gasteiger charge is 2.32. The Morgan fingerprint density at radius 3 is 2.56 bits per heavy atom. The van der Waals surface area contributed by atoms with Gasteiger partial charge >= 0.3 is 0 Å². The number of aromatic nitrogens is 4. The van der Waals surface area contributed by atoms with Crippen molar-refractivity contribution in [2.24, 2.45) is 0 Å². The van der Waals surface area contributed by atoms with E-state index in [1.54, 1.807) is 39.6 Å². The lowest BCUT2D eigenvalue weighted by atomic mass is 9.95. The molecule has 186 valence electrons. The third-order valence-electron chi connectivity index (χ3n) is 6.55. The summed E-state index contributed by atoms with van der Waals surface area (Å²) in [6, 6.07) is 17.8. The first-order chi connectivity index (χ1) is 17.4. The van der Waals surface area contributed by atoms with Gasteiger partial charge in [-0.15, -0.1) is 0 Å². The molecule has 0 saturated carbocycles. The summed E-state index contributed by atoms with van der Waals surface area (Å²) in [5.74, 6) is 0.104. The Balaban J connectivity index is 1.41. The molecule has 1 fully saturated rings. The molecule has 0 spiro atoms. The second-order valence-electron chi connectivity index (χ2n) is 9.17. The lowest BCUT2D eigenvalue weighted by molar-refractivity contribution is 0.310. The molecule has 1 aliphatic rings. The van der Waals surface area contributed by atoms with E-state index in [1.165, 1.54) is 12.1 Å². The zero-order valence-corrected chi connectivity index (χ0v) is 20.9. The average molecular weight is 506 g/mol.